The van der Waals surface area contributed by atoms with Crippen molar-refractivity contribution in [3.8, 4) is 0 Å². The van der Waals surface area contributed by atoms with Crippen LogP contribution < -0.4 is 5.32 Å². The molecule has 1 aromatic heterocycles. The van der Waals surface area contributed by atoms with E-state index in [2.05, 4.69) is 15.5 Å². The molecule has 3 rings (SSSR count). The summed E-state index contributed by atoms with van der Waals surface area (Å²) in [7, 11) is 0. The van der Waals surface area contributed by atoms with Gasteiger partial charge in [-0.05, 0) is 55.9 Å². The summed E-state index contributed by atoms with van der Waals surface area (Å²) in [5.41, 5.74) is 3.02. The molecule has 150 valence electrons. The number of hydrogen-bond donors (Lipinski definition) is 2. The van der Waals surface area contributed by atoms with Crippen LogP contribution in [0.3, 0.4) is 0 Å². The number of carbonyl (C=O) groups excluding carboxylic acids is 2. The zero-order chi connectivity index (χ0) is 19.9. The zero-order valence-corrected chi connectivity index (χ0v) is 16.2. The minimum absolute atomic E-state index is 0.0143. The number of aromatic amines is 1. The maximum atomic E-state index is 13.0. The first-order valence-electron chi connectivity index (χ1n) is 9.81. The number of aromatic nitrogens is 2. The van der Waals surface area contributed by atoms with Gasteiger partial charge in [0.2, 0.25) is 11.8 Å². The van der Waals surface area contributed by atoms with Crippen LogP contribution in [0.15, 0.2) is 30.5 Å². The number of amides is 2. The SMILES string of the molecule is Cc1[nH]ncc1CCCNC(=O)C1CCCN(C(=O)Cc2ccc(F)cc2)C1. The number of carbonyl (C=O) groups is 2. The first-order valence-corrected chi connectivity index (χ1v) is 9.81. The molecule has 2 aromatic rings. The summed E-state index contributed by atoms with van der Waals surface area (Å²) >= 11 is 0. The fourth-order valence-electron chi connectivity index (χ4n) is 3.57. The summed E-state index contributed by atoms with van der Waals surface area (Å²) in [5, 5.41) is 9.91. The van der Waals surface area contributed by atoms with Crippen LogP contribution in [0.25, 0.3) is 0 Å². The second kappa shape index (κ2) is 9.48. The van der Waals surface area contributed by atoms with Gasteiger partial charge in [0.25, 0.3) is 0 Å². The van der Waals surface area contributed by atoms with Crippen molar-refractivity contribution in [2.24, 2.45) is 5.92 Å². The van der Waals surface area contributed by atoms with Crippen LogP contribution in [-0.2, 0) is 22.4 Å². The third-order valence-corrected chi connectivity index (χ3v) is 5.27. The Balaban J connectivity index is 1.43. The largest absolute Gasteiger partial charge is 0.356 e. The second-order valence-electron chi connectivity index (χ2n) is 7.40. The van der Waals surface area contributed by atoms with Crippen LogP contribution >= 0.6 is 0 Å². The smallest absolute Gasteiger partial charge is 0.227 e. The van der Waals surface area contributed by atoms with Crippen molar-refractivity contribution in [2.45, 2.75) is 39.0 Å². The van der Waals surface area contributed by atoms with E-state index in [1.807, 2.05) is 13.1 Å². The molecule has 0 saturated carbocycles. The van der Waals surface area contributed by atoms with E-state index in [4.69, 9.17) is 0 Å². The average molecular weight is 386 g/mol. The molecule has 0 bridgehead atoms. The van der Waals surface area contributed by atoms with Gasteiger partial charge in [0.1, 0.15) is 5.82 Å². The Labute approximate surface area is 164 Å². The molecule has 7 heteroatoms. The number of halogens is 1. The number of hydrogen-bond acceptors (Lipinski definition) is 3. The van der Waals surface area contributed by atoms with Gasteiger partial charge in [0.15, 0.2) is 0 Å². The number of benzene rings is 1. The first-order chi connectivity index (χ1) is 13.5. The highest BCUT2D eigenvalue weighted by molar-refractivity contribution is 5.82. The summed E-state index contributed by atoms with van der Waals surface area (Å²) in [6, 6.07) is 5.98. The fourth-order valence-corrected chi connectivity index (χ4v) is 3.57. The summed E-state index contributed by atoms with van der Waals surface area (Å²) in [4.78, 5) is 26.8. The predicted octanol–water partition coefficient (Wildman–Crippen LogP) is 2.39. The normalized spacial score (nSPS) is 16.8. The quantitative estimate of drug-likeness (QED) is 0.717. The van der Waals surface area contributed by atoms with Gasteiger partial charge in [-0.2, -0.15) is 5.10 Å². The summed E-state index contributed by atoms with van der Waals surface area (Å²) in [6.45, 7) is 3.72. The number of H-pyrrole nitrogens is 1. The molecule has 6 nitrogen and oxygen atoms in total. The van der Waals surface area contributed by atoms with E-state index in [0.29, 0.717) is 19.6 Å². The molecule has 1 atom stereocenters. The van der Waals surface area contributed by atoms with Gasteiger partial charge >= 0.3 is 0 Å². The van der Waals surface area contributed by atoms with Gasteiger partial charge in [-0.1, -0.05) is 12.1 Å². The van der Waals surface area contributed by atoms with E-state index in [9.17, 15) is 14.0 Å². The van der Waals surface area contributed by atoms with E-state index in [1.54, 1.807) is 17.0 Å². The minimum Gasteiger partial charge on any atom is -0.356 e. The molecule has 0 spiro atoms. The third kappa shape index (κ3) is 5.41. The van der Waals surface area contributed by atoms with Crippen LogP contribution in [0, 0.1) is 18.7 Å². The highest BCUT2D eigenvalue weighted by atomic mass is 19.1. The topological polar surface area (TPSA) is 78.1 Å². The Kier molecular flexibility index (Phi) is 6.79. The lowest BCUT2D eigenvalue weighted by atomic mass is 9.96. The van der Waals surface area contributed by atoms with Crippen LogP contribution in [0.1, 0.15) is 36.1 Å². The fraction of sp³-hybridized carbons (Fsp3) is 0.476. The van der Waals surface area contributed by atoms with Crippen molar-refractivity contribution in [2.75, 3.05) is 19.6 Å². The van der Waals surface area contributed by atoms with Crippen molar-refractivity contribution in [1.29, 1.82) is 0 Å². The highest BCUT2D eigenvalue weighted by Crippen LogP contribution is 2.18. The van der Waals surface area contributed by atoms with Crippen LogP contribution in [0.4, 0.5) is 4.39 Å². The van der Waals surface area contributed by atoms with E-state index >= 15 is 0 Å². The van der Waals surface area contributed by atoms with Gasteiger partial charge in [-0.15, -0.1) is 0 Å². The molecule has 2 heterocycles. The lowest BCUT2D eigenvalue weighted by Gasteiger charge is -2.32. The van der Waals surface area contributed by atoms with E-state index in [-0.39, 0.29) is 30.0 Å². The van der Waals surface area contributed by atoms with Crippen molar-refractivity contribution in [1.82, 2.24) is 20.4 Å². The van der Waals surface area contributed by atoms with Crippen molar-refractivity contribution < 1.29 is 14.0 Å². The van der Waals surface area contributed by atoms with Crippen molar-refractivity contribution in [3.05, 3.63) is 53.1 Å². The molecule has 1 saturated heterocycles. The number of likely N-dealkylation sites (tertiary alicyclic amines) is 1. The molecule has 28 heavy (non-hydrogen) atoms. The molecule has 1 aromatic carbocycles. The van der Waals surface area contributed by atoms with Crippen molar-refractivity contribution in [3.63, 3.8) is 0 Å². The number of aryl methyl sites for hydroxylation is 2. The minimum atomic E-state index is -0.311. The number of nitrogens with zero attached hydrogens (tertiary/aromatic N) is 2. The average Bonchev–Trinajstić information content (AvgIpc) is 3.11. The number of rotatable bonds is 7. The predicted molar refractivity (Wildman–Crippen MR) is 104 cm³/mol. The van der Waals surface area contributed by atoms with Crippen LogP contribution in [0.5, 0.6) is 0 Å². The molecule has 0 aliphatic carbocycles. The molecule has 1 aliphatic rings. The molecular formula is C21H27FN4O2. The Bertz CT molecular complexity index is 803. The summed E-state index contributed by atoms with van der Waals surface area (Å²) in [5.74, 6) is -0.474. The maximum Gasteiger partial charge on any atom is 0.227 e. The van der Waals surface area contributed by atoms with E-state index in [1.165, 1.54) is 17.7 Å². The summed E-state index contributed by atoms with van der Waals surface area (Å²) < 4.78 is 13.0. The van der Waals surface area contributed by atoms with Gasteiger partial charge in [0, 0.05) is 25.3 Å². The van der Waals surface area contributed by atoms with Gasteiger partial charge < -0.3 is 10.2 Å². The Morgan fingerprint density at radius 3 is 2.82 bits per heavy atom. The zero-order valence-electron chi connectivity index (χ0n) is 16.2. The van der Waals surface area contributed by atoms with Crippen LogP contribution in [-0.4, -0.2) is 46.5 Å². The van der Waals surface area contributed by atoms with E-state index in [0.717, 1.165) is 36.9 Å². The van der Waals surface area contributed by atoms with E-state index < -0.39 is 0 Å². The summed E-state index contributed by atoms with van der Waals surface area (Å²) in [6.07, 6.45) is 5.40. The maximum absolute atomic E-state index is 13.0. The highest BCUT2D eigenvalue weighted by Gasteiger charge is 2.28. The lowest BCUT2D eigenvalue weighted by molar-refractivity contribution is -0.135. The Morgan fingerprint density at radius 2 is 2.11 bits per heavy atom. The molecule has 2 N–H and O–H groups in total. The standard InChI is InChI=1S/C21H27FN4O2/c1-15-17(13-24-25-15)4-2-10-23-21(28)18-5-3-11-26(14-18)20(27)12-16-6-8-19(22)9-7-16/h6-9,13,18H,2-5,10-12,14H2,1H3,(H,23,28)(H,24,25). The van der Waals surface area contributed by atoms with Crippen molar-refractivity contribution >= 4 is 11.8 Å². The van der Waals surface area contributed by atoms with Gasteiger partial charge in [-0.25, -0.2) is 4.39 Å². The molecule has 1 aliphatic heterocycles. The molecule has 1 unspecified atom stereocenters. The van der Waals surface area contributed by atoms with Gasteiger partial charge in [0.05, 0.1) is 18.5 Å². The lowest BCUT2D eigenvalue weighted by Crippen LogP contribution is -2.46. The molecular weight excluding hydrogens is 359 g/mol. The molecule has 1 fully saturated rings. The number of piperidine rings is 1. The van der Waals surface area contributed by atoms with Crippen LogP contribution in [0.2, 0.25) is 0 Å². The third-order valence-electron chi connectivity index (χ3n) is 5.27. The molecule has 0 radical (unpaired) electrons. The monoisotopic (exact) mass is 386 g/mol. The first kappa shape index (κ1) is 20.0. The van der Waals surface area contributed by atoms with Gasteiger partial charge in [-0.3, -0.25) is 14.7 Å². The Morgan fingerprint density at radius 1 is 1.32 bits per heavy atom. The molecule has 2 amide bonds. The number of nitrogens with one attached hydrogen (secondary N) is 2. The second-order valence-corrected chi connectivity index (χ2v) is 7.40. The Hall–Kier alpha value is -2.70.